The molecular formula is C21H29NO4S. The van der Waals surface area contributed by atoms with Crippen LogP contribution in [-0.4, -0.2) is 27.5 Å². The topological polar surface area (TPSA) is 72.5 Å². The molecule has 1 aromatic carbocycles. The molecule has 2 bridgehead atoms. The molecule has 0 heterocycles. The number of allylic oxidation sites excluding steroid dienone is 2. The van der Waals surface area contributed by atoms with Crippen molar-refractivity contribution in [2.75, 3.05) is 7.11 Å². The minimum Gasteiger partial charge on any atom is -0.469 e. The summed E-state index contributed by atoms with van der Waals surface area (Å²) in [6.07, 6.45) is 10.7. The van der Waals surface area contributed by atoms with E-state index in [-0.39, 0.29) is 12.0 Å². The molecule has 0 radical (unpaired) electrons. The van der Waals surface area contributed by atoms with Crippen LogP contribution in [0.3, 0.4) is 0 Å². The van der Waals surface area contributed by atoms with Gasteiger partial charge < -0.3 is 4.74 Å². The molecule has 1 aromatic rings. The van der Waals surface area contributed by atoms with Crippen LogP contribution in [0.4, 0.5) is 0 Å². The first-order chi connectivity index (χ1) is 13.0. The SMILES string of the molecule is COC(=O)CCC/C=C\CC1C2CCC(C2)C1NS(=O)(=O)c1ccccc1. The summed E-state index contributed by atoms with van der Waals surface area (Å²) in [5.74, 6) is 1.25. The fourth-order valence-electron chi connectivity index (χ4n) is 4.62. The Labute approximate surface area is 162 Å². The Morgan fingerprint density at radius 3 is 2.67 bits per heavy atom. The molecule has 2 aliphatic rings. The smallest absolute Gasteiger partial charge is 0.305 e. The van der Waals surface area contributed by atoms with Gasteiger partial charge in [0.05, 0.1) is 12.0 Å². The van der Waals surface area contributed by atoms with Crippen molar-refractivity contribution in [1.82, 2.24) is 4.72 Å². The Morgan fingerprint density at radius 1 is 1.19 bits per heavy atom. The second-order valence-corrected chi connectivity index (χ2v) is 9.35. The lowest BCUT2D eigenvalue weighted by Gasteiger charge is -2.31. The largest absolute Gasteiger partial charge is 0.469 e. The number of nitrogens with one attached hydrogen (secondary N) is 1. The highest BCUT2D eigenvalue weighted by atomic mass is 32.2. The van der Waals surface area contributed by atoms with Gasteiger partial charge >= 0.3 is 5.97 Å². The number of ether oxygens (including phenoxy) is 1. The maximum atomic E-state index is 12.7. The van der Waals surface area contributed by atoms with Crippen LogP contribution in [0, 0.1) is 17.8 Å². The molecule has 3 rings (SSSR count). The molecule has 2 saturated carbocycles. The molecule has 6 heteroatoms. The quantitative estimate of drug-likeness (QED) is 0.396. The van der Waals surface area contributed by atoms with Crippen molar-refractivity contribution in [3.63, 3.8) is 0 Å². The first kappa shape index (κ1) is 20.1. The van der Waals surface area contributed by atoms with E-state index >= 15 is 0 Å². The molecule has 1 N–H and O–H groups in total. The Balaban J connectivity index is 1.57. The van der Waals surface area contributed by atoms with Gasteiger partial charge in [0, 0.05) is 12.5 Å². The van der Waals surface area contributed by atoms with Crippen molar-refractivity contribution in [2.24, 2.45) is 17.8 Å². The lowest BCUT2D eigenvalue weighted by atomic mass is 9.83. The molecule has 0 amide bonds. The lowest BCUT2D eigenvalue weighted by Crippen LogP contribution is -2.43. The highest BCUT2D eigenvalue weighted by Gasteiger charge is 2.48. The minimum atomic E-state index is -3.48. The van der Waals surface area contributed by atoms with Crippen LogP contribution >= 0.6 is 0 Å². The first-order valence-electron chi connectivity index (χ1n) is 9.80. The monoisotopic (exact) mass is 391 g/mol. The van der Waals surface area contributed by atoms with Crippen molar-refractivity contribution in [1.29, 1.82) is 0 Å². The van der Waals surface area contributed by atoms with Crippen LogP contribution in [0.2, 0.25) is 0 Å². The van der Waals surface area contributed by atoms with E-state index in [0.29, 0.717) is 29.1 Å². The summed E-state index contributed by atoms with van der Waals surface area (Å²) in [6.45, 7) is 0. The average Bonchev–Trinajstić information content (AvgIpc) is 3.27. The maximum absolute atomic E-state index is 12.7. The minimum absolute atomic E-state index is 0.0219. The van der Waals surface area contributed by atoms with Gasteiger partial charge in [-0.25, -0.2) is 13.1 Å². The molecule has 0 aromatic heterocycles. The van der Waals surface area contributed by atoms with Crippen LogP contribution in [0.15, 0.2) is 47.4 Å². The number of carbonyl (C=O) groups is 1. The number of methoxy groups -OCH3 is 1. The van der Waals surface area contributed by atoms with Gasteiger partial charge in [-0.3, -0.25) is 4.79 Å². The molecule has 2 fully saturated rings. The molecule has 4 unspecified atom stereocenters. The first-order valence-corrected chi connectivity index (χ1v) is 11.3. The zero-order valence-electron chi connectivity index (χ0n) is 15.8. The van der Waals surface area contributed by atoms with Crippen LogP contribution in [0.1, 0.15) is 44.9 Å². The third kappa shape index (κ3) is 4.99. The number of rotatable bonds is 9. The summed E-state index contributed by atoms with van der Waals surface area (Å²) in [5.41, 5.74) is 0. The van der Waals surface area contributed by atoms with Crippen LogP contribution in [0.25, 0.3) is 0 Å². The molecule has 4 atom stereocenters. The van der Waals surface area contributed by atoms with Crippen LogP contribution in [-0.2, 0) is 19.6 Å². The van der Waals surface area contributed by atoms with E-state index in [1.807, 2.05) is 6.07 Å². The Morgan fingerprint density at radius 2 is 1.93 bits per heavy atom. The summed E-state index contributed by atoms with van der Waals surface area (Å²) in [5, 5.41) is 0. The Kier molecular flexibility index (Phi) is 6.71. The number of unbranched alkanes of at least 4 members (excludes halogenated alkanes) is 1. The van der Waals surface area contributed by atoms with Crippen molar-refractivity contribution >= 4 is 16.0 Å². The van der Waals surface area contributed by atoms with E-state index in [9.17, 15) is 13.2 Å². The predicted molar refractivity (Wildman–Crippen MR) is 104 cm³/mol. The molecule has 5 nitrogen and oxygen atoms in total. The van der Waals surface area contributed by atoms with Crippen molar-refractivity contribution in [3.05, 3.63) is 42.5 Å². The van der Waals surface area contributed by atoms with Crippen LogP contribution in [0.5, 0.6) is 0 Å². The number of hydrogen-bond donors (Lipinski definition) is 1. The van der Waals surface area contributed by atoms with E-state index in [0.717, 1.165) is 32.1 Å². The van der Waals surface area contributed by atoms with E-state index in [4.69, 9.17) is 0 Å². The number of carbonyl (C=O) groups excluding carboxylic acids is 1. The molecule has 0 saturated heterocycles. The number of benzene rings is 1. The van der Waals surface area contributed by atoms with E-state index in [2.05, 4.69) is 21.6 Å². The van der Waals surface area contributed by atoms with Gasteiger partial charge in [-0.05, 0) is 68.4 Å². The zero-order valence-corrected chi connectivity index (χ0v) is 16.7. The number of hydrogen-bond acceptors (Lipinski definition) is 4. The van der Waals surface area contributed by atoms with Crippen molar-refractivity contribution in [2.45, 2.75) is 55.9 Å². The molecule has 27 heavy (non-hydrogen) atoms. The predicted octanol–water partition coefficient (Wildman–Crippen LogP) is 3.67. The standard InChI is InChI=1S/C21H29NO4S/c1-26-20(23)12-8-3-2-7-11-19-16-13-14-17(15-16)21(19)22-27(24,25)18-9-5-4-6-10-18/h2,4-7,9-10,16-17,19,21-22H,3,8,11-15H2,1H3/b7-2-. The highest BCUT2D eigenvalue weighted by Crippen LogP contribution is 2.50. The van der Waals surface area contributed by atoms with Crippen molar-refractivity contribution < 1.29 is 17.9 Å². The molecule has 2 aliphatic carbocycles. The molecule has 0 aliphatic heterocycles. The van der Waals surface area contributed by atoms with Gasteiger partial charge in [0.2, 0.25) is 10.0 Å². The summed E-state index contributed by atoms with van der Waals surface area (Å²) in [4.78, 5) is 11.5. The van der Waals surface area contributed by atoms with Gasteiger partial charge in [-0.15, -0.1) is 0 Å². The number of esters is 1. The number of sulfonamides is 1. The summed E-state index contributed by atoms with van der Waals surface area (Å²) < 4.78 is 33.1. The lowest BCUT2D eigenvalue weighted by molar-refractivity contribution is -0.140. The molecule has 148 valence electrons. The van der Waals surface area contributed by atoms with Crippen molar-refractivity contribution in [3.8, 4) is 0 Å². The van der Waals surface area contributed by atoms with E-state index in [1.165, 1.54) is 13.5 Å². The zero-order chi connectivity index (χ0) is 19.3. The summed E-state index contributed by atoms with van der Waals surface area (Å²) >= 11 is 0. The second-order valence-electron chi connectivity index (χ2n) is 7.63. The maximum Gasteiger partial charge on any atom is 0.305 e. The summed E-state index contributed by atoms with van der Waals surface area (Å²) in [7, 11) is -2.07. The normalized spacial score (nSPS) is 27.3. The van der Waals surface area contributed by atoms with E-state index < -0.39 is 10.0 Å². The van der Waals surface area contributed by atoms with Gasteiger partial charge in [0.1, 0.15) is 0 Å². The molecule has 0 spiro atoms. The fourth-order valence-corrected chi connectivity index (χ4v) is 5.99. The Hall–Kier alpha value is -1.66. The second kappa shape index (κ2) is 9.02. The third-order valence-electron chi connectivity index (χ3n) is 5.99. The number of fused-ring (bicyclic) bond motifs is 2. The fraction of sp³-hybridized carbons (Fsp3) is 0.571. The average molecular weight is 392 g/mol. The van der Waals surface area contributed by atoms with Crippen LogP contribution < -0.4 is 4.72 Å². The Bertz CT molecular complexity index is 760. The highest BCUT2D eigenvalue weighted by molar-refractivity contribution is 7.89. The molecular weight excluding hydrogens is 362 g/mol. The van der Waals surface area contributed by atoms with E-state index in [1.54, 1.807) is 24.3 Å². The van der Waals surface area contributed by atoms with Gasteiger partial charge in [-0.2, -0.15) is 0 Å². The third-order valence-corrected chi connectivity index (χ3v) is 7.46. The van der Waals surface area contributed by atoms with Gasteiger partial charge in [-0.1, -0.05) is 30.4 Å². The van der Waals surface area contributed by atoms with Gasteiger partial charge in [0.25, 0.3) is 0 Å². The van der Waals surface area contributed by atoms with Gasteiger partial charge in [0.15, 0.2) is 0 Å². The summed E-state index contributed by atoms with van der Waals surface area (Å²) in [6, 6.07) is 8.64.